The molecule has 1 fully saturated rings. The van der Waals surface area contributed by atoms with Crippen LogP contribution in [0.2, 0.25) is 0 Å². The first-order valence-corrected chi connectivity index (χ1v) is 7.97. The first-order valence-electron chi connectivity index (χ1n) is 7.97. The predicted molar refractivity (Wildman–Crippen MR) is 84.1 cm³/mol. The van der Waals surface area contributed by atoms with Crippen LogP contribution in [0.3, 0.4) is 0 Å². The summed E-state index contributed by atoms with van der Waals surface area (Å²) in [4.78, 5) is 2.29. The molecule has 1 aromatic rings. The molecule has 1 N–H and O–H groups in total. The quantitative estimate of drug-likeness (QED) is 0.924. The van der Waals surface area contributed by atoms with Gasteiger partial charge < -0.3 is 19.7 Å². The Morgan fingerprint density at radius 1 is 1.43 bits per heavy atom. The van der Waals surface area contributed by atoms with E-state index in [1.165, 1.54) is 5.56 Å². The second kappa shape index (κ2) is 5.85. The lowest BCUT2D eigenvalue weighted by Crippen LogP contribution is -2.45. The van der Waals surface area contributed by atoms with Gasteiger partial charge in [-0.15, -0.1) is 0 Å². The maximum absolute atomic E-state index is 6.41. The largest absolute Gasteiger partial charge is 0.493 e. The fourth-order valence-electron chi connectivity index (χ4n) is 3.43. The maximum atomic E-state index is 6.41. The van der Waals surface area contributed by atoms with E-state index in [4.69, 9.17) is 9.47 Å². The highest BCUT2D eigenvalue weighted by atomic mass is 16.5. The summed E-state index contributed by atoms with van der Waals surface area (Å²) in [5, 5.41) is 3.45. The van der Waals surface area contributed by atoms with Crippen molar-refractivity contribution in [3.8, 4) is 11.5 Å². The lowest BCUT2D eigenvalue weighted by molar-refractivity contribution is 0.0273. The topological polar surface area (TPSA) is 33.7 Å². The van der Waals surface area contributed by atoms with Crippen molar-refractivity contribution in [3.05, 3.63) is 23.8 Å². The number of hydrogen-bond acceptors (Lipinski definition) is 4. The summed E-state index contributed by atoms with van der Waals surface area (Å²) in [5.41, 5.74) is 1.17. The minimum atomic E-state index is -0.0503. The summed E-state index contributed by atoms with van der Waals surface area (Å²) in [6, 6.07) is 6.54. The van der Waals surface area contributed by atoms with E-state index in [1.807, 2.05) is 6.07 Å². The Morgan fingerprint density at radius 2 is 2.29 bits per heavy atom. The normalized spacial score (nSPS) is 27.7. The van der Waals surface area contributed by atoms with Gasteiger partial charge in [0.2, 0.25) is 0 Å². The van der Waals surface area contributed by atoms with Crippen molar-refractivity contribution >= 4 is 0 Å². The number of benzene rings is 1. The van der Waals surface area contributed by atoms with Gasteiger partial charge in [-0.2, -0.15) is 0 Å². The zero-order chi connectivity index (χ0) is 14.9. The number of nitrogens with one attached hydrogen (secondary N) is 1. The SMILES string of the molecule is CCCOc1cccc2c1C(N(C)C)CC1(CCNC1)O2. The van der Waals surface area contributed by atoms with Gasteiger partial charge in [-0.25, -0.2) is 0 Å². The standard InChI is InChI=1S/C17H26N2O2/c1-4-10-20-14-6-5-7-15-16(14)13(19(2)3)11-17(21-15)8-9-18-12-17/h5-7,13,18H,4,8-12H2,1-3H3. The average Bonchev–Trinajstić information content (AvgIpc) is 2.91. The minimum Gasteiger partial charge on any atom is -0.493 e. The highest BCUT2D eigenvalue weighted by molar-refractivity contribution is 5.49. The van der Waals surface area contributed by atoms with Crippen LogP contribution >= 0.6 is 0 Å². The molecule has 1 saturated heterocycles. The molecule has 0 saturated carbocycles. The van der Waals surface area contributed by atoms with Gasteiger partial charge in [0, 0.05) is 25.4 Å². The molecule has 2 heterocycles. The van der Waals surface area contributed by atoms with E-state index in [2.05, 4.69) is 43.4 Å². The summed E-state index contributed by atoms with van der Waals surface area (Å²) >= 11 is 0. The smallest absolute Gasteiger partial charge is 0.128 e. The molecule has 0 amide bonds. The highest BCUT2D eigenvalue weighted by Gasteiger charge is 2.44. The zero-order valence-corrected chi connectivity index (χ0v) is 13.3. The molecule has 2 aliphatic heterocycles. The monoisotopic (exact) mass is 290 g/mol. The molecule has 1 aromatic carbocycles. The summed E-state index contributed by atoms with van der Waals surface area (Å²) < 4.78 is 12.4. The van der Waals surface area contributed by atoms with Crippen LogP contribution in [-0.4, -0.2) is 44.3 Å². The van der Waals surface area contributed by atoms with Gasteiger partial charge in [0.05, 0.1) is 12.2 Å². The number of nitrogens with zero attached hydrogens (tertiary/aromatic N) is 1. The predicted octanol–water partition coefficient (Wildman–Crippen LogP) is 2.59. The second-order valence-corrected chi connectivity index (χ2v) is 6.41. The van der Waals surface area contributed by atoms with E-state index >= 15 is 0 Å². The molecule has 2 aliphatic rings. The summed E-state index contributed by atoms with van der Waals surface area (Å²) in [5.74, 6) is 1.98. The average molecular weight is 290 g/mol. The summed E-state index contributed by atoms with van der Waals surface area (Å²) in [7, 11) is 4.29. The van der Waals surface area contributed by atoms with Crippen LogP contribution in [0.5, 0.6) is 11.5 Å². The maximum Gasteiger partial charge on any atom is 0.128 e. The fraction of sp³-hybridized carbons (Fsp3) is 0.647. The van der Waals surface area contributed by atoms with Crippen molar-refractivity contribution in [1.29, 1.82) is 0 Å². The molecule has 0 aromatic heterocycles. The van der Waals surface area contributed by atoms with Crippen molar-refractivity contribution in [3.63, 3.8) is 0 Å². The number of ether oxygens (including phenoxy) is 2. The molecular formula is C17H26N2O2. The van der Waals surface area contributed by atoms with Crippen molar-refractivity contribution < 1.29 is 9.47 Å². The van der Waals surface area contributed by atoms with Crippen molar-refractivity contribution in [1.82, 2.24) is 10.2 Å². The third-order valence-electron chi connectivity index (χ3n) is 4.54. The van der Waals surface area contributed by atoms with E-state index in [1.54, 1.807) is 0 Å². The lowest BCUT2D eigenvalue weighted by atomic mass is 9.85. The second-order valence-electron chi connectivity index (χ2n) is 6.41. The Morgan fingerprint density at radius 3 is 2.95 bits per heavy atom. The van der Waals surface area contributed by atoms with Crippen LogP contribution in [0.4, 0.5) is 0 Å². The highest BCUT2D eigenvalue weighted by Crippen LogP contribution is 2.47. The molecule has 0 radical (unpaired) electrons. The summed E-state index contributed by atoms with van der Waals surface area (Å²) in [6.45, 7) is 4.87. The Labute approximate surface area is 127 Å². The summed E-state index contributed by atoms with van der Waals surface area (Å²) in [6.07, 6.45) is 3.12. The van der Waals surface area contributed by atoms with E-state index in [9.17, 15) is 0 Å². The van der Waals surface area contributed by atoms with Crippen molar-refractivity contribution in [2.24, 2.45) is 0 Å². The molecule has 4 nitrogen and oxygen atoms in total. The number of fused-ring (bicyclic) bond motifs is 1. The van der Waals surface area contributed by atoms with Crippen LogP contribution in [-0.2, 0) is 0 Å². The van der Waals surface area contributed by atoms with E-state index in [0.717, 1.165) is 50.5 Å². The van der Waals surface area contributed by atoms with Crippen LogP contribution in [0.15, 0.2) is 18.2 Å². The Hall–Kier alpha value is -1.26. The third-order valence-corrected chi connectivity index (χ3v) is 4.54. The molecule has 116 valence electrons. The molecule has 2 atom stereocenters. The van der Waals surface area contributed by atoms with Crippen molar-refractivity contribution in [2.75, 3.05) is 33.8 Å². The zero-order valence-electron chi connectivity index (χ0n) is 13.3. The minimum absolute atomic E-state index is 0.0503. The molecule has 4 heteroatoms. The van der Waals surface area contributed by atoms with E-state index in [0.29, 0.717) is 6.04 Å². The van der Waals surface area contributed by atoms with Crippen LogP contribution in [0.25, 0.3) is 0 Å². The lowest BCUT2D eigenvalue weighted by Gasteiger charge is -2.42. The van der Waals surface area contributed by atoms with Crippen LogP contribution in [0.1, 0.15) is 37.8 Å². The first-order chi connectivity index (χ1) is 10.2. The van der Waals surface area contributed by atoms with Gasteiger partial charge in [0.1, 0.15) is 17.1 Å². The van der Waals surface area contributed by atoms with Gasteiger partial charge in [-0.05, 0) is 39.2 Å². The molecule has 0 aliphatic carbocycles. The van der Waals surface area contributed by atoms with Crippen LogP contribution in [0, 0.1) is 0 Å². The third kappa shape index (κ3) is 2.74. The Balaban J connectivity index is 1.98. The molecule has 0 bridgehead atoms. The van der Waals surface area contributed by atoms with Gasteiger partial charge >= 0.3 is 0 Å². The molecular weight excluding hydrogens is 264 g/mol. The van der Waals surface area contributed by atoms with Gasteiger partial charge in [-0.3, -0.25) is 0 Å². The van der Waals surface area contributed by atoms with E-state index < -0.39 is 0 Å². The molecule has 1 spiro atoms. The van der Waals surface area contributed by atoms with Crippen molar-refractivity contribution in [2.45, 2.75) is 37.8 Å². The van der Waals surface area contributed by atoms with Crippen LogP contribution < -0.4 is 14.8 Å². The number of rotatable bonds is 4. The molecule has 3 rings (SSSR count). The van der Waals surface area contributed by atoms with Gasteiger partial charge in [0.25, 0.3) is 0 Å². The molecule has 2 unspecified atom stereocenters. The Kier molecular flexibility index (Phi) is 4.09. The van der Waals surface area contributed by atoms with Gasteiger partial charge in [-0.1, -0.05) is 13.0 Å². The first kappa shape index (κ1) is 14.7. The molecule has 21 heavy (non-hydrogen) atoms. The van der Waals surface area contributed by atoms with Gasteiger partial charge in [0.15, 0.2) is 0 Å². The Bertz CT molecular complexity index is 496. The van der Waals surface area contributed by atoms with E-state index in [-0.39, 0.29) is 5.60 Å². The number of hydrogen-bond donors (Lipinski definition) is 1. The fourth-order valence-corrected chi connectivity index (χ4v) is 3.43.